The summed E-state index contributed by atoms with van der Waals surface area (Å²) in [5, 5.41) is 23.2. The minimum absolute atomic E-state index is 0.0141. The molecule has 0 aliphatic rings. The number of ether oxygens (including phenoxy) is 1. The van der Waals surface area contributed by atoms with Gasteiger partial charge in [0, 0.05) is 12.8 Å². The molecule has 0 heterocycles. The first-order chi connectivity index (χ1) is 34.0. The minimum atomic E-state index is -0.844. The Labute approximate surface area is 431 Å². The molecule has 0 radical (unpaired) electrons. The maximum atomic E-state index is 12.5. The SMILES string of the molecule is CCCCCCCCCCCCCCCCCC/C=C/C(O)C(CO)NC(=O)CCCCCCCCCCCCCCCCCCCCCCCCOC(=O)CCCCCCCCCCCCCC. The summed E-state index contributed by atoms with van der Waals surface area (Å²) in [7, 11) is 0. The summed E-state index contributed by atoms with van der Waals surface area (Å²) in [6, 6.07) is -0.627. The number of unbranched alkanes of at least 4 members (excludes halogenated alkanes) is 48. The molecule has 0 fully saturated rings. The summed E-state index contributed by atoms with van der Waals surface area (Å²) < 4.78 is 5.48. The molecule has 0 rings (SSSR count). The van der Waals surface area contributed by atoms with Gasteiger partial charge in [0.15, 0.2) is 0 Å². The van der Waals surface area contributed by atoms with Gasteiger partial charge in [-0.1, -0.05) is 321 Å². The van der Waals surface area contributed by atoms with E-state index in [9.17, 15) is 19.8 Å². The van der Waals surface area contributed by atoms with Gasteiger partial charge in [-0.05, 0) is 32.1 Å². The first-order valence-corrected chi connectivity index (χ1v) is 31.5. The lowest BCUT2D eigenvalue weighted by Gasteiger charge is -2.20. The average Bonchev–Trinajstić information content (AvgIpc) is 3.35. The molecule has 3 N–H and O–H groups in total. The molecule has 0 saturated carbocycles. The standard InChI is InChI=1S/C63H123NO5/c1-3-5-7-9-11-13-15-17-18-19-26-29-32-35-39-43-47-51-55-61(66)60(59-65)64-62(67)56-52-48-44-40-36-33-30-27-24-22-20-21-23-25-28-31-34-38-42-46-50-54-58-69-63(68)57-53-49-45-41-37-16-14-12-10-8-6-4-2/h51,55,60-61,65-66H,3-50,52-54,56-59H2,1-2H3,(H,64,67)/b55-51+. The Balaban J connectivity index is 3.40. The molecule has 6 heteroatoms. The molecule has 6 nitrogen and oxygen atoms in total. The molecule has 2 unspecified atom stereocenters. The fourth-order valence-electron chi connectivity index (χ4n) is 9.99. The molecule has 1 amide bonds. The third-order valence-electron chi connectivity index (χ3n) is 14.8. The number of carbonyl (C=O) groups excluding carboxylic acids is 2. The van der Waals surface area contributed by atoms with Crippen LogP contribution < -0.4 is 5.32 Å². The molecular weight excluding hydrogens is 851 g/mol. The van der Waals surface area contributed by atoms with Gasteiger partial charge in [-0.25, -0.2) is 0 Å². The molecule has 2 atom stereocenters. The lowest BCUT2D eigenvalue weighted by molar-refractivity contribution is -0.143. The topological polar surface area (TPSA) is 95.9 Å². The van der Waals surface area contributed by atoms with Crippen molar-refractivity contribution < 1.29 is 24.5 Å². The molecule has 0 aliphatic carbocycles. The highest BCUT2D eigenvalue weighted by Crippen LogP contribution is 2.18. The van der Waals surface area contributed by atoms with Crippen molar-refractivity contribution in [2.45, 2.75) is 366 Å². The van der Waals surface area contributed by atoms with Crippen LogP contribution in [0.2, 0.25) is 0 Å². The van der Waals surface area contributed by atoms with E-state index in [0.29, 0.717) is 19.4 Å². The number of nitrogens with one attached hydrogen (secondary N) is 1. The van der Waals surface area contributed by atoms with Crippen molar-refractivity contribution in [2.24, 2.45) is 0 Å². The first kappa shape index (κ1) is 67.6. The highest BCUT2D eigenvalue weighted by molar-refractivity contribution is 5.76. The predicted octanol–water partition coefficient (Wildman–Crippen LogP) is 19.6. The van der Waals surface area contributed by atoms with Crippen molar-refractivity contribution in [2.75, 3.05) is 13.2 Å². The highest BCUT2D eigenvalue weighted by atomic mass is 16.5. The Morgan fingerprint density at radius 1 is 0.391 bits per heavy atom. The number of esters is 1. The van der Waals surface area contributed by atoms with Crippen LogP contribution in [-0.4, -0.2) is 47.4 Å². The molecule has 410 valence electrons. The van der Waals surface area contributed by atoms with E-state index in [1.54, 1.807) is 6.08 Å². The van der Waals surface area contributed by atoms with Crippen LogP contribution in [0.4, 0.5) is 0 Å². The van der Waals surface area contributed by atoms with Crippen molar-refractivity contribution >= 4 is 11.9 Å². The van der Waals surface area contributed by atoms with E-state index in [1.165, 1.54) is 289 Å². The van der Waals surface area contributed by atoms with Crippen molar-refractivity contribution in [3.63, 3.8) is 0 Å². The number of amides is 1. The second kappa shape index (κ2) is 59.2. The molecular formula is C63H123NO5. The van der Waals surface area contributed by atoms with E-state index in [0.717, 1.165) is 38.5 Å². The van der Waals surface area contributed by atoms with E-state index < -0.39 is 12.1 Å². The van der Waals surface area contributed by atoms with Crippen LogP contribution >= 0.6 is 0 Å². The monoisotopic (exact) mass is 974 g/mol. The molecule has 69 heavy (non-hydrogen) atoms. The Kier molecular flexibility index (Phi) is 58.0. The van der Waals surface area contributed by atoms with Crippen molar-refractivity contribution in [3.05, 3.63) is 12.2 Å². The van der Waals surface area contributed by atoms with Crippen LogP contribution in [0.5, 0.6) is 0 Å². The number of rotatable bonds is 59. The number of carbonyl (C=O) groups is 2. The number of aliphatic hydroxyl groups is 2. The largest absolute Gasteiger partial charge is 0.466 e. The summed E-state index contributed by atoms with van der Waals surface area (Å²) in [6.07, 6.45) is 71.1. The maximum Gasteiger partial charge on any atom is 0.305 e. The third kappa shape index (κ3) is 55.8. The van der Waals surface area contributed by atoms with Crippen molar-refractivity contribution in [1.82, 2.24) is 5.32 Å². The maximum absolute atomic E-state index is 12.5. The number of aliphatic hydroxyl groups excluding tert-OH is 2. The highest BCUT2D eigenvalue weighted by Gasteiger charge is 2.18. The van der Waals surface area contributed by atoms with Crippen molar-refractivity contribution in [3.8, 4) is 0 Å². The summed E-state index contributed by atoms with van der Waals surface area (Å²) in [6.45, 7) is 4.93. The molecule has 0 aliphatic heterocycles. The molecule has 0 aromatic carbocycles. The Morgan fingerprint density at radius 2 is 0.667 bits per heavy atom. The second-order valence-electron chi connectivity index (χ2n) is 21.8. The fraction of sp³-hybridized carbons (Fsp3) is 0.937. The zero-order chi connectivity index (χ0) is 50.0. The molecule has 0 aromatic rings. The fourth-order valence-corrected chi connectivity index (χ4v) is 9.99. The number of allylic oxidation sites excluding steroid dienone is 1. The van der Waals surface area contributed by atoms with E-state index >= 15 is 0 Å². The Hall–Kier alpha value is -1.40. The third-order valence-corrected chi connectivity index (χ3v) is 14.8. The quantitative estimate of drug-likeness (QED) is 0.0321. The van der Waals surface area contributed by atoms with Crippen LogP contribution in [-0.2, 0) is 14.3 Å². The zero-order valence-electron chi connectivity index (χ0n) is 46.8. The first-order valence-electron chi connectivity index (χ1n) is 31.5. The van der Waals surface area contributed by atoms with E-state index in [2.05, 4.69) is 19.2 Å². The van der Waals surface area contributed by atoms with Gasteiger partial charge in [-0.3, -0.25) is 9.59 Å². The van der Waals surface area contributed by atoms with Crippen molar-refractivity contribution in [1.29, 1.82) is 0 Å². The van der Waals surface area contributed by atoms with E-state index in [-0.39, 0.29) is 18.5 Å². The number of hydrogen-bond donors (Lipinski definition) is 3. The summed E-state index contributed by atoms with van der Waals surface area (Å²) >= 11 is 0. The average molecular weight is 975 g/mol. The summed E-state index contributed by atoms with van der Waals surface area (Å²) in [4.78, 5) is 24.5. The van der Waals surface area contributed by atoms with Gasteiger partial charge in [0.05, 0.1) is 25.4 Å². The smallest absolute Gasteiger partial charge is 0.305 e. The van der Waals surface area contributed by atoms with E-state index in [1.807, 2.05) is 6.08 Å². The van der Waals surface area contributed by atoms with Crippen LogP contribution in [0.15, 0.2) is 12.2 Å². The lowest BCUT2D eigenvalue weighted by atomic mass is 10.0. The summed E-state index contributed by atoms with van der Waals surface area (Å²) in [5.74, 6) is -0.0508. The van der Waals surface area contributed by atoms with Gasteiger partial charge in [-0.2, -0.15) is 0 Å². The molecule has 0 bridgehead atoms. The Morgan fingerprint density at radius 3 is 0.986 bits per heavy atom. The van der Waals surface area contributed by atoms with Gasteiger partial charge in [0.1, 0.15) is 0 Å². The van der Waals surface area contributed by atoms with Crippen LogP contribution in [0.1, 0.15) is 354 Å². The van der Waals surface area contributed by atoms with Crippen LogP contribution in [0.25, 0.3) is 0 Å². The lowest BCUT2D eigenvalue weighted by Crippen LogP contribution is -2.45. The van der Waals surface area contributed by atoms with Gasteiger partial charge in [-0.15, -0.1) is 0 Å². The minimum Gasteiger partial charge on any atom is -0.466 e. The Bertz CT molecular complexity index is 1030. The normalized spacial score (nSPS) is 12.6. The van der Waals surface area contributed by atoms with Gasteiger partial charge in [0.2, 0.25) is 5.91 Å². The van der Waals surface area contributed by atoms with E-state index in [4.69, 9.17) is 4.74 Å². The van der Waals surface area contributed by atoms with Gasteiger partial charge >= 0.3 is 5.97 Å². The van der Waals surface area contributed by atoms with Crippen LogP contribution in [0, 0.1) is 0 Å². The molecule has 0 saturated heterocycles. The summed E-state index contributed by atoms with van der Waals surface area (Å²) in [5.41, 5.74) is 0. The number of hydrogen-bond acceptors (Lipinski definition) is 5. The predicted molar refractivity (Wildman–Crippen MR) is 301 cm³/mol. The van der Waals surface area contributed by atoms with Crippen LogP contribution in [0.3, 0.4) is 0 Å². The molecule has 0 aromatic heterocycles. The zero-order valence-corrected chi connectivity index (χ0v) is 46.8. The van der Waals surface area contributed by atoms with Gasteiger partial charge < -0.3 is 20.3 Å². The second-order valence-corrected chi connectivity index (χ2v) is 21.8. The van der Waals surface area contributed by atoms with Gasteiger partial charge in [0.25, 0.3) is 0 Å². The molecule has 0 spiro atoms.